The lowest BCUT2D eigenvalue weighted by Crippen LogP contribution is -2.41. The van der Waals surface area contributed by atoms with Crippen molar-refractivity contribution in [3.8, 4) is 0 Å². The van der Waals surface area contributed by atoms with Crippen LogP contribution in [0.2, 0.25) is 0 Å². The molecule has 0 unspecified atom stereocenters. The number of amides is 2. The van der Waals surface area contributed by atoms with Gasteiger partial charge in [0.15, 0.2) is 0 Å². The van der Waals surface area contributed by atoms with Crippen LogP contribution in [0.3, 0.4) is 0 Å². The van der Waals surface area contributed by atoms with Crippen LogP contribution in [-0.2, 0) is 13.0 Å². The van der Waals surface area contributed by atoms with Gasteiger partial charge in [0.1, 0.15) is 11.6 Å². The molecule has 2 atom stereocenters. The summed E-state index contributed by atoms with van der Waals surface area (Å²) >= 11 is 0. The van der Waals surface area contributed by atoms with Crippen molar-refractivity contribution in [3.63, 3.8) is 0 Å². The van der Waals surface area contributed by atoms with Gasteiger partial charge in [-0.1, -0.05) is 19.1 Å². The van der Waals surface area contributed by atoms with Gasteiger partial charge in [-0.2, -0.15) is 0 Å². The highest BCUT2D eigenvalue weighted by molar-refractivity contribution is 5.74. The van der Waals surface area contributed by atoms with Gasteiger partial charge in [-0.25, -0.2) is 14.2 Å². The van der Waals surface area contributed by atoms with Crippen molar-refractivity contribution >= 4 is 6.03 Å². The maximum Gasteiger partial charge on any atom is 0.315 e. The Bertz CT molecular complexity index is 737. The molecule has 0 saturated heterocycles. The molecule has 0 bridgehead atoms. The number of hydrogen-bond donors (Lipinski definition) is 2. The maximum absolute atomic E-state index is 14.0. The van der Waals surface area contributed by atoms with E-state index in [1.165, 1.54) is 6.07 Å². The molecule has 0 aliphatic heterocycles. The van der Waals surface area contributed by atoms with Crippen LogP contribution in [0.15, 0.2) is 22.6 Å². The van der Waals surface area contributed by atoms with E-state index in [2.05, 4.69) is 22.5 Å². The van der Waals surface area contributed by atoms with Crippen molar-refractivity contribution in [2.45, 2.75) is 46.2 Å². The molecule has 0 spiro atoms. The highest BCUT2D eigenvalue weighted by Gasteiger charge is 2.29. The predicted octanol–water partition coefficient (Wildman–Crippen LogP) is 3.55. The van der Waals surface area contributed by atoms with E-state index >= 15 is 0 Å². The molecule has 0 fully saturated rings. The second kappa shape index (κ2) is 6.63. The van der Waals surface area contributed by atoms with Crippen molar-refractivity contribution in [3.05, 3.63) is 52.5 Å². The summed E-state index contributed by atoms with van der Waals surface area (Å²) in [5, 5.41) is 5.71. The number of aryl methyl sites for hydroxylation is 2. The number of urea groups is 1. The van der Waals surface area contributed by atoms with E-state index in [1.54, 1.807) is 6.07 Å². The van der Waals surface area contributed by atoms with Crippen LogP contribution in [0.1, 0.15) is 47.9 Å². The van der Waals surface area contributed by atoms with Gasteiger partial charge in [-0.15, -0.1) is 0 Å². The van der Waals surface area contributed by atoms with E-state index in [-0.39, 0.29) is 30.4 Å². The average Bonchev–Trinajstić information content (AvgIpc) is 2.87. The number of aromatic nitrogens is 1. The quantitative estimate of drug-likeness (QED) is 0.904. The largest absolute Gasteiger partial charge is 0.444 e. The van der Waals surface area contributed by atoms with Crippen LogP contribution < -0.4 is 10.6 Å². The molecule has 1 aromatic heterocycles. The molecule has 128 valence electrons. The van der Waals surface area contributed by atoms with Crippen molar-refractivity contribution in [1.29, 1.82) is 0 Å². The zero-order valence-electron chi connectivity index (χ0n) is 14.1. The second-order valence-corrected chi connectivity index (χ2v) is 6.38. The third-order valence-corrected chi connectivity index (χ3v) is 4.67. The Kier molecular flexibility index (Phi) is 4.55. The van der Waals surface area contributed by atoms with Gasteiger partial charge in [0.2, 0.25) is 5.89 Å². The number of benzene rings is 1. The summed E-state index contributed by atoms with van der Waals surface area (Å²) in [6.45, 7) is 5.98. The summed E-state index contributed by atoms with van der Waals surface area (Å²) in [7, 11) is 0. The predicted molar refractivity (Wildman–Crippen MR) is 88.0 cm³/mol. The molecule has 2 amide bonds. The molecule has 24 heavy (non-hydrogen) atoms. The Morgan fingerprint density at radius 3 is 2.92 bits per heavy atom. The summed E-state index contributed by atoms with van der Waals surface area (Å²) < 4.78 is 19.4. The zero-order chi connectivity index (χ0) is 17.3. The number of fused-ring (bicyclic) bond motifs is 1. The van der Waals surface area contributed by atoms with Gasteiger partial charge < -0.3 is 15.1 Å². The molecule has 1 heterocycles. The molecule has 0 saturated carbocycles. The normalized spacial score (nSPS) is 19.7. The zero-order valence-corrected chi connectivity index (χ0v) is 14.1. The summed E-state index contributed by atoms with van der Waals surface area (Å²) in [6.07, 6.45) is 1.55. The van der Waals surface area contributed by atoms with Crippen LogP contribution >= 0.6 is 0 Å². The molecular weight excluding hydrogens is 309 g/mol. The first-order valence-electron chi connectivity index (χ1n) is 8.20. The maximum atomic E-state index is 14.0. The van der Waals surface area contributed by atoms with Crippen LogP contribution in [0.4, 0.5) is 9.18 Å². The lowest BCUT2D eigenvalue weighted by molar-refractivity contribution is 0.227. The SMILES string of the molecule is Cc1nc(CNC(=O)N[C@H]2c3cccc(F)c3CC[C@@H]2C)oc1C. The minimum absolute atomic E-state index is 0.197. The van der Waals surface area contributed by atoms with Crippen LogP contribution in [-0.4, -0.2) is 11.0 Å². The monoisotopic (exact) mass is 331 g/mol. The molecule has 5 nitrogen and oxygen atoms in total. The molecule has 1 aromatic carbocycles. The summed E-state index contributed by atoms with van der Waals surface area (Å²) in [6, 6.07) is 4.55. The van der Waals surface area contributed by atoms with E-state index in [0.717, 1.165) is 23.4 Å². The number of oxazole rings is 1. The molecular formula is C18H22FN3O2. The highest BCUT2D eigenvalue weighted by Crippen LogP contribution is 2.35. The van der Waals surface area contributed by atoms with E-state index in [1.807, 2.05) is 19.9 Å². The number of nitrogens with zero attached hydrogens (tertiary/aromatic N) is 1. The summed E-state index contributed by atoms with van der Waals surface area (Å²) in [5.74, 6) is 1.27. The first kappa shape index (κ1) is 16.5. The van der Waals surface area contributed by atoms with Gasteiger partial charge in [0, 0.05) is 0 Å². The smallest absolute Gasteiger partial charge is 0.315 e. The van der Waals surface area contributed by atoms with Crippen molar-refractivity contribution < 1.29 is 13.6 Å². The number of hydrogen-bond acceptors (Lipinski definition) is 3. The third-order valence-electron chi connectivity index (χ3n) is 4.67. The van der Waals surface area contributed by atoms with Gasteiger partial charge in [-0.05, 0) is 49.8 Å². The van der Waals surface area contributed by atoms with Gasteiger partial charge >= 0.3 is 6.03 Å². The average molecular weight is 331 g/mol. The standard InChI is InChI=1S/C18H22FN3O2/c1-10-7-8-13-14(5-4-6-15(13)19)17(10)22-18(23)20-9-16-21-11(2)12(3)24-16/h4-6,10,17H,7-9H2,1-3H3,(H2,20,22,23)/t10-,17+/m0/s1. The Morgan fingerprint density at radius 2 is 2.21 bits per heavy atom. The topological polar surface area (TPSA) is 67.2 Å². The van der Waals surface area contributed by atoms with Crippen LogP contribution in [0, 0.1) is 25.6 Å². The molecule has 6 heteroatoms. The Labute approximate surface area is 140 Å². The second-order valence-electron chi connectivity index (χ2n) is 6.38. The Morgan fingerprint density at radius 1 is 1.42 bits per heavy atom. The first-order valence-corrected chi connectivity index (χ1v) is 8.20. The lowest BCUT2D eigenvalue weighted by Gasteiger charge is -2.32. The third kappa shape index (κ3) is 3.27. The first-order chi connectivity index (χ1) is 11.5. The molecule has 0 radical (unpaired) electrons. The van der Waals surface area contributed by atoms with Crippen molar-refractivity contribution in [1.82, 2.24) is 15.6 Å². The fourth-order valence-corrected chi connectivity index (χ4v) is 3.16. The number of carbonyl (C=O) groups excluding carboxylic acids is 1. The number of halogens is 1. The van der Waals surface area contributed by atoms with E-state index < -0.39 is 0 Å². The number of rotatable bonds is 3. The van der Waals surface area contributed by atoms with Crippen LogP contribution in [0.5, 0.6) is 0 Å². The minimum Gasteiger partial charge on any atom is -0.444 e. The minimum atomic E-state index is -0.308. The van der Waals surface area contributed by atoms with Gasteiger partial charge in [0.05, 0.1) is 18.3 Å². The Hall–Kier alpha value is -2.37. The Balaban J connectivity index is 1.67. The number of nitrogens with one attached hydrogen (secondary N) is 2. The van der Waals surface area contributed by atoms with Gasteiger partial charge in [0.25, 0.3) is 0 Å². The highest BCUT2D eigenvalue weighted by atomic mass is 19.1. The van der Waals surface area contributed by atoms with Crippen LogP contribution in [0.25, 0.3) is 0 Å². The van der Waals surface area contributed by atoms with Gasteiger partial charge in [-0.3, -0.25) is 0 Å². The molecule has 1 aliphatic rings. The van der Waals surface area contributed by atoms with E-state index in [9.17, 15) is 9.18 Å². The molecule has 1 aliphatic carbocycles. The molecule has 2 aromatic rings. The van der Waals surface area contributed by atoms with E-state index in [4.69, 9.17) is 4.42 Å². The summed E-state index contributed by atoms with van der Waals surface area (Å²) in [5.41, 5.74) is 2.39. The lowest BCUT2D eigenvalue weighted by atomic mass is 9.80. The molecule has 3 rings (SSSR count). The number of carbonyl (C=O) groups is 1. The molecule has 2 N–H and O–H groups in total. The summed E-state index contributed by atoms with van der Waals surface area (Å²) in [4.78, 5) is 16.5. The van der Waals surface area contributed by atoms with Crippen molar-refractivity contribution in [2.75, 3.05) is 0 Å². The fourth-order valence-electron chi connectivity index (χ4n) is 3.16. The van der Waals surface area contributed by atoms with E-state index in [0.29, 0.717) is 17.9 Å². The van der Waals surface area contributed by atoms with Crippen molar-refractivity contribution in [2.24, 2.45) is 5.92 Å². The fraction of sp³-hybridized carbons (Fsp3) is 0.444.